The standard InChI is InChI=1S/C14H23NO3S/c1-3-6-17-7-8-18-9-10-19-12-4-5-13(15)14(11-12)16-2/h4-5,11H,3,6-10,15H2,1-2H3. The zero-order chi connectivity index (χ0) is 13.9. The molecule has 0 amide bonds. The highest BCUT2D eigenvalue weighted by atomic mass is 32.2. The normalized spacial score (nSPS) is 10.6. The van der Waals surface area contributed by atoms with Crippen molar-refractivity contribution in [3.05, 3.63) is 18.2 Å². The van der Waals surface area contributed by atoms with E-state index in [1.807, 2.05) is 18.2 Å². The van der Waals surface area contributed by atoms with Crippen LogP contribution in [0.4, 0.5) is 5.69 Å². The molecule has 0 aromatic heterocycles. The van der Waals surface area contributed by atoms with E-state index in [0.29, 0.717) is 25.5 Å². The monoisotopic (exact) mass is 285 g/mol. The Kier molecular flexibility index (Phi) is 8.45. The van der Waals surface area contributed by atoms with Crippen LogP contribution < -0.4 is 10.5 Å². The van der Waals surface area contributed by atoms with Gasteiger partial charge in [0.1, 0.15) is 5.75 Å². The van der Waals surface area contributed by atoms with Gasteiger partial charge in [-0.1, -0.05) is 6.92 Å². The molecular weight excluding hydrogens is 262 g/mol. The maximum Gasteiger partial charge on any atom is 0.142 e. The molecule has 0 aliphatic carbocycles. The van der Waals surface area contributed by atoms with E-state index in [1.54, 1.807) is 18.9 Å². The minimum atomic E-state index is 0.658. The van der Waals surface area contributed by atoms with Crippen molar-refractivity contribution < 1.29 is 14.2 Å². The van der Waals surface area contributed by atoms with Crippen LogP contribution in [0, 0.1) is 0 Å². The molecule has 19 heavy (non-hydrogen) atoms. The van der Waals surface area contributed by atoms with Gasteiger partial charge in [0.05, 0.1) is 32.6 Å². The minimum absolute atomic E-state index is 0.658. The van der Waals surface area contributed by atoms with Crippen molar-refractivity contribution in [1.29, 1.82) is 0 Å². The van der Waals surface area contributed by atoms with Gasteiger partial charge in [0, 0.05) is 17.3 Å². The number of benzene rings is 1. The lowest BCUT2D eigenvalue weighted by Gasteiger charge is -2.08. The summed E-state index contributed by atoms with van der Waals surface area (Å²) in [6, 6.07) is 5.80. The van der Waals surface area contributed by atoms with Gasteiger partial charge in [0.25, 0.3) is 0 Å². The highest BCUT2D eigenvalue weighted by molar-refractivity contribution is 7.99. The van der Waals surface area contributed by atoms with Gasteiger partial charge < -0.3 is 19.9 Å². The molecule has 0 aliphatic heterocycles. The summed E-state index contributed by atoms with van der Waals surface area (Å²) in [7, 11) is 1.62. The molecule has 0 radical (unpaired) electrons. The first-order valence-electron chi connectivity index (χ1n) is 6.49. The molecule has 0 bridgehead atoms. The van der Waals surface area contributed by atoms with Crippen LogP contribution in [0.2, 0.25) is 0 Å². The fraction of sp³-hybridized carbons (Fsp3) is 0.571. The van der Waals surface area contributed by atoms with Gasteiger partial charge in [-0.2, -0.15) is 0 Å². The van der Waals surface area contributed by atoms with Gasteiger partial charge in [-0.05, 0) is 24.6 Å². The van der Waals surface area contributed by atoms with E-state index in [1.165, 1.54) is 0 Å². The van der Waals surface area contributed by atoms with Crippen LogP contribution in [-0.2, 0) is 9.47 Å². The molecule has 1 rings (SSSR count). The lowest BCUT2D eigenvalue weighted by atomic mass is 10.3. The van der Waals surface area contributed by atoms with Crippen LogP contribution in [0.15, 0.2) is 23.1 Å². The smallest absolute Gasteiger partial charge is 0.142 e. The van der Waals surface area contributed by atoms with Gasteiger partial charge in [-0.15, -0.1) is 11.8 Å². The van der Waals surface area contributed by atoms with E-state index in [2.05, 4.69) is 6.92 Å². The second-order valence-electron chi connectivity index (χ2n) is 3.98. The molecule has 0 fully saturated rings. The van der Waals surface area contributed by atoms with E-state index in [4.69, 9.17) is 19.9 Å². The number of rotatable bonds is 10. The molecule has 0 aliphatic rings. The molecule has 2 N–H and O–H groups in total. The highest BCUT2D eigenvalue weighted by Gasteiger charge is 2.01. The number of anilines is 1. The molecular formula is C14H23NO3S. The van der Waals surface area contributed by atoms with Gasteiger partial charge >= 0.3 is 0 Å². The molecule has 1 aromatic carbocycles. The highest BCUT2D eigenvalue weighted by Crippen LogP contribution is 2.27. The van der Waals surface area contributed by atoms with Crippen molar-refractivity contribution in [2.75, 3.05) is 45.0 Å². The Balaban J connectivity index is 2.12. The molecule has 4 nitrogen and oxygen atoms in total. The largest absolute Gasteiger partial charge is 0.495 e. The fourth-order valence-corrected chi connectivity index (χ4v) is 2.26. The van der Waals surface area contributed by atoms with Crippen molar-refractivity contribution in [1.82, 2.24) is 0 Å². The van der Waals surface area contributed by atoms with Crippen molar-refractivity contribution in [2.24, 2.45) is 0 Å². The number of hydrogen-bond acceptors (Lipinski definition) is 5. The molecule has 0 heterocycles. The first kappa shape index (κ1) is 16.1. The zero-order valence-electron chi connectivity index (χ0n) is 11.7. The molecule has 0 unspecified atom stereocenters. The van der Waals surface area contributed by atoms with Crippen molar-refractivity contribution >= 4 is 17.4 Å². The lowest BCUT2D eigenvalue weighted by molar-refractivity contribution is 0.0541. The Labute approximate surface area is 119 Å². The van der Waals surface area contributed by atoms with Gasteiger partial charge in [0.15, 0.2) is 0 Å². The van der Waals surface area contributed by atoms with E-state index in [9.17, 15) is 0 Å². The number of ether oxygens (including phenoxy) is 3. The summed E-state index contributed by atoms with van der Waals surface area (Å²) >= 11 is 1.73. The Morgan fingerprint density at radius 1 is 1.11 bits per heavy atom. The molecule has 108 valence electrons. The first-order valence-corrected chi connectivity index (χ1v) is 7.48. The van der Waals surface area contributed by atoms with Crippen LogP contribution in [0.1, 0.15) is 13.3 Å². The molecule has 0 atom stereocenters. The van der Waals surface area contributed by atoms with E-state index < -0.39 is 0 Å². The Bertz CT molecular complexity index is 361. The summed E-state index contributed by atoms with van der Waals surface area (Å²) in [6.07, 6.45) is 1.05. The molecule has 1 aromatic rings. The van der Waals surface area contributed by atoms with Crippen LogP contribution in [0.5, 0.6) is 5.75 Å². The molecule has 5 heteroatoms. The summed E-state index contributed by atoms with van der Waals surface area (Å²) in [5, 5.41) is 0. The third-order valence-electron chi connectivity index (χ3n) is 2.42. The number of hydrogen-bond donors (Lipinski definition) is 1. The quantitative estimate of drug-likeness (QED) is 0.407. The van der Waals surface area contributed by atoms with Crippen molar-refractivity contribution in [3.63, 3.8) is 0 Å². The van der Waals surface area contributed by atoms with E-state index >= 15 is 0 Å². The first-order chi connectivity index (χ1) is 9.27. The maximum absolute atomic E-state index is 5.76. The maximum atomic E-state index is 5.76. The van der Waals surface area contributed by atoms with Gasteiger partial charge in [-0.25, -0.2) is 0 Å². The Hall–Kier alpha value is -0.910. The number of nitrogen functional groups attached to an aromatic ring is 1. The summed E-state index contributed by atoms with van der Waals surface area (Å²) < 4.78 is 16.0. The molecule has 0 spiro atoms. The van der Waals surface area contributed by atoms with E-state index in [0.717, 1.165) is 29.4 Å². The summed E-state index contributed by atoms with van der Waals surface area (Å²) in [5.41, 5.74) is 6.42. The van der Waals surface area contributed by atoms with Crippen LogP contribution in [0.3, 0.4) is 0 Å². The number of nitrogens with two attached hydrogens (primary N) is 1. The minimum Gasteiger partial charge on any atom is -0.495 e. The predicted octanol–water partition coefficient (Wildman–Crippen LogP) is 2.81. The third-order valence-corrected chi connectivity index (χ3v) is 3.38. The van der Waals surface area contributed by atoms with E-state index in [-0.39, 0.29) is 0 Å². The Morgan fingerprint density at radius 3 is 2.53 bits per heavy atom. The average Bonchev–Trinajstić information content (AvgIpc) is 2.43. The summed E-state index contributed by atoms with van der Waals surface area (Å²) in [4.78, 5) is 1.14. The molecule has 0 saturated heterocycles. The van der Waals surface area contributed by atoms with Gasteiger partial charge in [0.2, 0.25) is 0 Å². The molecule has 0 saturated carbocycles. The van der Waals surface area contributed by atoms with Crippen molar-refractivity contribution in [3.8, 4) is 5.75 Å². The second kappa shape index (κ2) is 9.95. The predicted molar refractivity (Wildman–Crippen MR) is 80.1 cm³/mol. The van der Waals surface area contributed by atoms with Crippen molar-refractivity contribution in [2.45, 2.75) is 18.2 Å². The zero-order valence-corrected chi connectivity index (χ0v) is 12.5. The summed E-state index contributed by atoms with van der Waals surface area (Å²) in [5.74, 6) is 1.62. The van der Waals surface area contributed by atoms with Crippen LogP contribution in [0.25, 0.3) is 0 Å². The summed E-state index contributed by atoms with van der Waals surface area (Å²) in [6.45, 7) is 4.95. The number of thioether (sulfide) groups is 1. The fourth-order valence-electron chi connectivity index (χ4n) is 1.47. The second-order valence-corrected chi connectivity index (χ2v) is 5.15. The number of methoxy groups -OCH3 is 1. The van der Waals surface area contributed by atoms with Gasteiger partial charge in [-0.3, -0.25) is 0 Å². The van der Waals surface area contributed by atoms with Crippen LogP contribution in [-0.4, -0.2) is 39.3 Å². The SMILES string of the molecule is CCCOCCOCCSc1ccc(N)c(OC)c1. The lowest BCUT2D eigenvalue weighted by Crippen LogP contribution is -2.06. The average molecular weight is 285 g/mol. The third kappa shape index (κ3) is 6.71. The van der Waals surface area contributed by atoms with Crippen LogP contribution >= 0.6 is 11.8 Å². The Morgan fingerprint density at radius 2 is 1.84 bits per heavy atom. The topological polar surface area (TPSA) is 53.7 Å².